The van der Waals surface area contributed by atoms with Crippen molar-refractivity contribution in [2.45, 2.75) is 63.3 Å². The maximum absolute atomic E-state index is 12.7. The van der Waals surface area contributed by atoms with Gasteiger partial charge in [0, 0.05) is 17.8 Å². The second-order valence-electron chi connectivity index (χ2n) is 7.41. The van der Waals surface area contributed by atoms with Gasteiger partial charge >= 0.3 is 0 Å². The van der Waals surface area contributed by atoms with Crippen LogP contribution in [0.15, 0.2) is 30.5 Å². The number of amides is 2. The van der Waals surface area contributed by atoms with Crippen LogP contribution in [0.4, 0.5) is 0 Å². The first-order valence-corrected chi connectivity index (χ1v) is 9.30. The van der Waals surface area contributed by atoms with Gasteiger partial charge in [-0.1, -0.05) is 13.0 Å². The van der Waals surface area contributed by atoms with E-state index in [9.17, 15) is 14.7 Å². The van der Waals surface area contributed by atoms with Crippen LogP contribution in [0.1, 0.15) is 54.4 Å². The number of carbonyl (C=O) groups is 2. The Kier molecular flexibility index (Phi) is 4.44. The lowest BCUT2D eigenvalue weighted by Gasteiger charge is -2.30. The van der Waals surface area contributed by atoms with Crippen molar-refractivity contribution in [3.8, 4) is 5.75 Å². The van der Waals surface area contributed by atoms with E-state index in [1.54, 1.807) is 17.0 Å². The zero-order valence-corrected chi connectivity index (χ0v) is 14.7. The van der Waals surface area contributed by atoms with E-state index in [-0.39, 0.29) is 17.9 Å². The summed E-state index contributed by atoms with van der Waals surface area (Å²) in [6.45, 7) is 4.19. The van der Waals surface area contributed by atoms with Crippen molar-refractivity contribution >= 4 is 11.8 Å². The number of nitrogens with one attached hydrogen (secondary N) is 1. The van der Waals surface area contributed by atoms with Gasteiger partial charge in [0.25, 0.3) is 5.91 Å². The Labute approximate surface area is 152 Å². The maximum atomic E-state index is 12.7. The van der Waals surface area contributed by atoms with Gasteiger partial charge in [-0.25, -0.2) is 0 Å². The van der Waals surface area contributed by atoms with Crippen molar-refractivity contribution in [2.24, 2.45) is 0 Å². The lowest BCUT2D eigenvalue weighted by atomic mass is 9.95. The molecule has 2 heterocycles. The summed E-state index contributed by atoms with van der Waals surface area (Å²) in [7, 11) is 0. The number of hydrogen-bond donors (Lipinski definition) is 2. The zero-order valence-electron chi connectivity index (χ0n) is 14.7. The molecule has 6 heteroatoms. The fourth-order valence-electron chi connectivity index (χ4n) is 4.09. The number of fused-ring (bicyclic) bond motifs is 1. The first-order chi connectivity index (χ1) is 12.5. The molecule has 3 aliphatic rings. The highest BCUT2D eigenvalue weighted by atomic mass is 16.5. The van der Waals surface area contributed by atoms with Gasteiger partial charge in [0.05, 0.1) is 6.10 Å². The van der Waals surface area contributed by atoms with Crippen LogP contribution < -0.4 is 10.1 Å². The monoisotopic (exact) mass is 356 g/mol. The number of hydrogen-bond acceptors (Lipinski definition) is 4. The van der Waals surface area contributed by atoms with Crippen LogP contribution in [0.25, 0.3) is 0 Å². The van der Waals surface area contributed by atoms with E-state index in [4.69, 9.17) is 4.74 Å². The minimum atomic E-state index is -0.454. The Morgan fingerprint density at radius 1 is 1.19 bits per heavy atom. The Balaban J connectivity index is 1.49. The molecule has 26 heavy (non-hydrogen) atoms. The van der Waals surface area contributed by atoms with E-state index in [1.165, 1.54) is 0 Å². The number of carbonyl (C=O) groups excluding carboxylic acids is 2. The Morgan fingerprint density at radius 2 is 2.00 bits per heavy atom. The summed E-state index contributed by atoms with van der Waals surface area (Å²) in [4.78, 5) is 26.6. The van der Waals surface area contributed by atoms with Gasteiger partial charge in [-0.05, 0) is 55.9 Å². The van der Waals surface area contributed by atoms with Crippen molar-refractivity contribution in [3.05, 3.63) is 41.6 Å². The average molecular weight is 356 g/mol. The summed E-state index contributed by atoms with van der Waals surface area (Å²) in [5, 5.41) is 12.8. The van der Waals surface area contributed by atoms with Crippen LogP contribution in [0.5, 0.6) is 5.75 Å². The second-order valence-corrected chi connectivity index (χ2v) is 7.41. The molecule has 1 saturated heterocycles. The van der Waals surface area contributed by atoms with Gasteiger partial charge in [-0.2, -0.15) is 0 Å². The lowest BCUT2D eigenvalue weighted by Crippen LogP contribution is -2.49. The molecule has 4 rings (SSSR count). The molecule has 2 aliphatic heterocycles. The highest BCUT2D eigenvalue weighted by Gasteiger charge is 2.38. The third-order valence-electron chi connectivity index (χ3n) is 5.56. The minimum Gasteiger partial charge on any atom is -0.488 e. The van der Waals surface area contributed by atoms with Gasteiger partial charge in [0.15, 0.2) is 0 Å². The molecular formula is C20H24N2O4. The number of ether oxygens (including phenoxy) is 1. The lowest BCUT2D eigenvalue weighted by molar-refractivity contribution is -0.126. The summed E-state index contributed by atoms with van der Waals surface area (Å²) in [5.74, 6) is 0.395. The Bertz CT molecular complexity index is 760. The normalized spacial score (nSPS) is 28.7. The molecule has 0 bridgehead atoms. The van der Waals surface area contributed by atoms with Crippen molar-refractivity contribution < 1.29 is 19.4 Å². The molecule has 0 spiro atoms. The quantitative estimate of drug-likeness (QED) is 0.869. The van der Waals surface area contributed by atoms with Gasteiger partial charge in [-0.3, -0.25) is 9.59 Å². The minimum absolute atomic E-state index is 0.114. The van der Waals surface area contributed by atoms with Crippen molar-refractivity contribution in [1.82, 2.24) is 10.2 Å². The maximum Gasteiger partial charge on any atom is 0.255 e. The van der Waals surface area contributed by atoms with E-state index >= 15 is 0 Å². The third-order valence-corrected chi connectivity index (χ3v) is 5.56. The van der Waals surface area contributed by atoms with Crippen molar-refractivity contribution in [3.63, 3.8) is 0 Å². The highest BCUT2D eigenvalue weighted by Crippen LogP contribution is 2.32. The van der Waals surface area contributed by atoms with Crippen molar-refractivity contribution in [1.29, 1.82) is 0 Å². The van der Waals surface area contributed by atoms with E-state index in [0.717, 1.165) is 31.2 Å². The van der Waals surface area contributed by atoms with E-state index in [1.807, 2.05) is 6.07 Å². The summed E-state index contributed by atoms with van der Waals surface area (Å²) >= 11 is 0. The predicted octanol–water partition coefficient (Wildman–Crippen LogP) is 2.12. The first-order valence-electron chi connectivity index (χ1n) is 9.30. The number of rotatable bonds is 3. The molecule has 1 saturated carbocycles. The molecule has 6 nitrogen and oxygen atoms in total. The number of allylic oxidation sites excluding steroid dienone is 1. The molecule has 1 aliphatic carbocycles. The van der Waals surface area contributed by atoms with Crippen LogP contribution in [0.2, 0.25) is 0 Å². The summed E-state index contributed by atoms with van der Waals surface area (Å²) in [6, 6.07) is 4.96. The van der Waals surface area contributed by atoms with E-state index in [2.05, 4.69) is 11.9 Å². The fourth-order valence-corrected chi connectivity index (χ4v) is 4.09. The largest absolute Gasteiger partial charge is 0.488 e. The topological polar surface area (TPSA) is 78.9 Å². The van der Waals surface area contributed by atoms with Gasteiger partial charge in [-0.15, -0.1) is 0 Å². The smallest absolute Gasteiger partial charge is 0.255 e. The molecule has 1 aromatic rings. The molecule has 2 fully saturated rings. The zero-order chi connectivity index (χ0) is 18.3. The highest BCUT2D eigenvalue weighted by molar-refractivity contribution is 6.01. The van der Waals surface area contributed by atoms with E-state index < -0.39 is 12.1 Å². The van der Waals surface area contributed by atoms with Gasteiger partial charge in [0.2, 0.25) is 5.91 Å². The molecule has 3 atom stereocenters. The standard InChI is InChI=1S/C20H24N2O4/c1-12-6-9-16(19(24)21-12)22-11-13-10-14(7-8-15(13)20(22)25)26-18-5-3-2-4-17(18)23/h7-8,10,16-18,23H,1-6,9,11H2,(H,21,24)/t16?,17-,18+/m1/s1. The molecule has 2 amide bonds. The number of aliphatic hydroxyl groups excluding tert-OH is 1. The Morgan fingerprint density at radius 3 is 2.77 bits per heavy atom. The number of benzene rings is 1. The molecule has 1 aromatic carbocycles. The first kappa shape index (κ1) is 17.1. The average Bonchev–Trinajstić information content (AvgIpc) is 2.93. The molecule has 2 N–H and O–H groups in total. The molecular weight excluding hydrogens is 332 g/mol. The number of nitrogens with zero attached hydrogens (tertiary/aromatic N) is 1. The van der Waals surface area contributed by atoms with Crippen LogP contribution in [-0.2, 0) is 11.3 Å². The number of piperidine rings is 1. The number of aliphatic hydroxyl groups is 1. The predicted molar refractivity (Wildman–Crippen MR) is 95.5 cm³/mol. The van der Waals surface area contributed by atoms with Crippen LogP contribution in [-0.4, -0.2) is 40.1 Å². The summed E-state index contributed by atoms with van der Waals surface area (Å²) < 4.78 is 5.97. The van der Waals surface area contributed by atoms with Crippen LogP contribution >= 0.6 is 0 Å². The van der Waals surface area contributed by atoms with Gasteiger partial charge in [0.1, 0.15) is 17.9 Å². The molecule has 138 valence electrons. The van der Waals surface area contributed by atoms with Crippen molar-refractivity contribution in [2.75, 3.05) is 0 Å². The van der Waals surface area contributed by atoms with Gasteiger partial charge < -0.3 is 20.1 Å². The van der Waals surface area contributed by atoms with E-state index in [0.29, 0.717) is 36.4 Å². The van der Waals surface area contributed by atoms with Crippen LogP contribution in [0, 0.1) is 0 Å². The van der Waals surface area contributed by atoms with Crippen LogP contribution in [0.3, 0.4) is 0 Å². The SMILES string of the molecule is C=C1CCC(N2Cc3cc(O[C@H]4CCCC[C@H]4O)ccc3C2=O)C(=O)N1. The summed E-state index contributed by atoms with van der Waals surface area (Å²) in [5.41, 5.74) is 2.20. The Hall–Kier alpha value is -2.34. The summed E-state index contributed by atoms with van der Waals surface area (Å²) in [6.07, 6.45) is 4.36. The third kappa shape index (κ3) is 3.09. The molecule has 0 aromatic heterocycles. The molecule has 1 unspecified atom stereocenters. The fraction of sp³-hybridized carbons (Fsp3) is 0.500. The second kappa shape index (κ2) is 6.76. The molecule has 0 radical (unpaired) electrons.